The SMILES string of the molecule is CCNC(=O)Nc1nc2cc(-c3cccnc3)cc(-n3cncn3)c2[nH]1. The van der Waals surface area contributed by atoms with Crippen LogP contribution in [0.15, 0.2) is 49.3 Å². The van der Waals surface area contributed by atoms with Crippen LogP contribution in [0.4, 0.5) is 10.7 Å². The van der Waals surface area contributed by atoms with Crippen LogP contribution in [0.5, 0.6) is 0 Å². The highest BCUT2D eigenvalue weighted by atomic mass is 16.2. The van der Waals surface area contributed by atoms with Crippen molar-refractivity contribution in [3.63, 3.8) is 0 Å². The zero-order valence-electron chi connectivity index (χ0n) is 14.0. The molecular formula is C17H16N8O. The summed E-state index contributed by atoms with van der Waals surface area (Å²) in [5.74, 6) is 0.357. The van der Waals surface area contributed by atoms with E-state index in [2.05, 4.69) is 35.7 Å². The van der Waals surface area contributed by atoms with E-state index in [4.69, 9.17) is 0 Å². The molecule has 3 aromatic heterocycles. The van der Waals surface area contributed by atoms with Crippen molar-refractivity contribution in [2.24, 2.45) is 0 Å². The number of aromatic nitrogens is 6. The van der Waals surface area contributed by atoms with Gasteiger partial charge in [-0.2, -0.15) is 5.10 Å². The molecule has 9 heteroatoms. The first kappa shape index (κ1) is 15.8. The van der Waals surface area contributed by atoms with Crippen molar-refractivity contribution in [2.45, 2.75) is 6.92 Å². The van der Waals surface area contributed by atoms with E-state index >= 15 is 0 Å². The van der Waals surface area contributed by atoms with Crippen molar-refractivity contribution in [1.29, 1.82) is 0 Å². The topological polar surface area (TPSA) is 113 Å². The quantitative estimate of drug-likeness (QED) is 0.524. The number of aromatic amines is 1. The minimum Gasteiger partial charge on any atom is -0.338 e. The van der Waals surface area contributed by atoms with Crippen molar-refractivity contribution in [3.05, 3.63) is 49.3 Å². The third kappa shape index (κ3) is 2.97. The predicted molar refractivity (Wildman–Crippen MR) is 96.9 cm³/mol. The number of nitrogens with one attached hydrogen (secondary N) is 3. The molecule has 0 bridgehead atoms. The number of rotatable bonds is 4. The summed E-state index contributed by atoms with van der Waals surface area (Å²) < 4.78 is 1.65. The fraction of sp³-hybridized carbons (Fsp3) is 0.118. The summed E-state index contributed by atoms with van der Waals surface area (Å²) in [5.41, 5.74) is 4.11. The maximum absolute atomic E-state index is 11.8. The Morgan fingerprint density at radius 1 is 1.27 bits per heavy atom. The van der Waals surface area contributed by atoms with Gasteiger partial charge in [-0.25, -0.2) is 19.4 Å². The number of imidazole rings is 1. The number of pyridine rings is 1. The van der Waals surface area contributed by atoms with Crippen LogP contribution in [-0.2, 0) is 0 Å². The van der Waals surface area contributed by atoms with Gasteiger partial charge in [0.1, 0.15) is 12.7 Å². The van der Waals surface area contributed by atoms with Gasteiger partial charge in [-0.15, -0.1) is 0 Å². The Bertz CT molecular complexity index is 1040. The van der Waals surface area contributed by atoms with Crippen molar-refractivity contribution in [2.75, 3.05) is 11.9 Å². The molecule has 0 fully saturated rings. The number of amides is 2. The zero-order chi connectivity index (χ0) is 17.9. The third-order valence-corrected chi connectivity index (χ3v) is 3.80. The van der Waals surface area contributed by atoms with Crippen LogP contribution in [-0.4, -0.2) is 42.3 Å². The van der Waals surface area contributed by atoms with Gasteiger partial charge in [0.2, 0.25) is 5.95 Å². The summed E-state index contributed by atoms with van der Waals surface area (Å²) >= 11 is 0. The van der Waals surface area contributed by atoms with E-state index in [0.717, 1.165) is 22.3 Å². The molecule has 0 spiro atoms. The van der Waals surface area contributed by atoms with Crippen molar-refractivity contribution < 1.29 is 4.79 Å². The standard InChI is InChI=1S/C17H16N8O/c1-2-20-17(26)24-16-22-13-6-12(11-4-3-5-18-8-11)7-14(15(13)23-16)25-10-19-9-21-25/h3-10H,2H2,1H3,(H3,20,22,23,24,26). The monoisotopic (exact) mass is 348 g/mol. The molecule has 0 aliphatic carbocycles. The molecule has 0 unspecified atom stereocenters. The Balaban J connectivity index is 1.85. The molecule has 26 heavy (non-hydrogen) atoms. The number of urea groups is 1. The molecule has 0 aliphatic rings. The Hall–Kier alpha value is -3.75. The molecule has 0 aliphatic heterocycles. The van der Waals surface area contributed by atoms with E-state index in [1.165, 1.54) is 6.33 Å². The number of hydrogen-bond donors (Lipinski definition) is 3. The third-order valence-electron chi connectivity index (χ3n) is 3.80. The first-order chi connectivity index (χ1) is 12.7. The summed E-state index contributed by atoms with van der Waals surface area (Å²) in [7, 11) is 0. The molecule has 0 saturated carbocycles. The number of nitrogens with zero attached hydrogens (tertiary/aromatic N) is 5. The van der Waals surface area contributed by atoms with E-state index in [0.29, 0.717) is 18.0 Å². The number of fused-ring (bicyclic) bond motifs is 1. The van der Waals surface area contributed by atoms with Crippen LogP contribution in [0.3, 0.4) is 0 Å². The van der Waals surface area contributed by atoms with Crippen molar-refractivity contribution in [1.82, 2.24) is 35.0 Å². The molecule has 1 aromatic carbocycles. The molecule has 0 saturated heterocycles. The second kappa shape index (κ2) is 6.63. The van der Waals surface area contributed by atoms with E-state index in [9.17, 15) is 4.79 Å². The summed E-state index contributed by atoms with van der Waals surface area (Å²) in [6, 6.07) is 7.44. The lowest BCUT2D eigenvalue weighted by Crippen LogP contribution is -2.28. The number of carbonyl (C=O) groups excluding carboxylic acids is 1. The van der Waals surface area contributed by atoms with Gasteiger partial charge >= 0.3 is 6.03 Å². The Morgan fingerprint density at radius 2 is 2.19 bits per heavy atom. The van der Waals surface area contributed by atoms with Gasteiger partial charge in [0.25, 0.3) is 0 Å². The predicted octanol–water partition coefficient (Wildman–Crippen LogP) is 2.35. The normalized spacial score (nSPS) is 10.8. The summed E-state index contributed by atoms with van der Waals surface area (Å²) in [6.07, 6.45) is 6.59. The van der Waals surface area contributed by atoms with Crippen LogP contribution in [0.1, 0.15) is 6.92 Å². The molecule has 0 radical (unpaired) electrons. The molecule has 4 rings (SSSR count). The largest absolute Gasteiger partial charge is 0.338 e. The van der Waals surface area contributed by atoms with Crippen molar-refractivity contribution in [3.8, 4) is 16.8 Å². The molecule has 0 atom stereocenters. The highest BCUT2D eigenvalue weighted by Crippen LogP contribution is 2.29. The van der Waals surface area contributed by atoms with Gasteiger partial charge in [0, 0.05) is 24.5 Å². The highest BCUT2D eigenvalue weighted by Gasteiger charge is 2.14. The molecule has 130 valence electrons. The van der Waals surface area contributed by atoms with E-state index in [-0.39, 0.29) is 6.03 Å². The van der Waals surface area contributed by atoms with E-state index in [1.54, 1.807) is 23.4 Å². The van der Waals surface area contributed by atoms with Crippen molar-refractivity contribution >= 4 is 23.0 Å². The second-order valence-electron chi connectivity index (χ2n) is 5.54. The lowest BCUT2D eigenvalue weighted by molar-refractivity contribution is 0.252. The number of H-pyrrole nitrogens is 1. The van der Waals surface area contributed by atoms with Gasteiger partial charge in [0.05, 0.1) is 16.7 Å². The average Bonchev–Trinajstić information content (AvgIpc) is 3.31. The second-order valence-corrected chi connectivity index (χ2v) is 5.54. The smallest absolute Gasteiger partial charge is 0.321 e. The van der Waals surface area contributed by atoms with Crippen LogP contribution >= 0.6 is 0 Å². The number of hydrogen-bond acceptors (Lipinski definition) is 5. The molecule has 3 heterocycles. The molecular weight excluding hydrogens is 332 g/mol. The number of carbonyl (C=O) groups is 1. The van der Waals surface area contributed by atoms with Gasteiger partial charge in [-0.3, -0.25) is 10.3 Å². The van der Waals surface area contributed by atoms with Gasteiger partial charge in [-0.1, -0.05) is 6.07 Å². The lowest BCUT2D eigenvalue weighted by Gasteiger charge is -2.06. The maximum atomic E-state index is 11.8. The highest BCUT2D eigenvalue weighted by molar-refractivity contribution is 5.94. The first-order valence-electron chi connectivity index (χ1n) is 8.08. The Labute approximate surface area is 148 Å². The van der Waals surface area contributed by atoms with Crippen LogP contribution < -0.4 is 10.6 Å². The van der Waals surface area contributed by atoms with Crippen LogP contribution in [0.2, 0.25) is 0 Å². The first-order valence-corrected chi connectivity index (χ1v) is 8.08. The number of anilines is 1. The van der Waals surface area contributed by atoms with Gasteiger partial charge < -0.3 is 10.3 Å². The van der Waals surface area contributed by atoms with Gasteiger partial charge in [-0.05, 0) is 30.7 Å². The van der Waals surface area contributed by atoms with E-state index in [1.807, 2.05) is 31.2 Å². The fourth-order valence-electron chi connectivity index (χ4n) is 2.68. The minimum absolute atomic E-state index is 0.318. The molecule has 9 nitrogen and oxygen atoms in total. The zero-order valence-corrected chi connectivity index (χ0v) is 14.0. The van der Waals surface area contributed by atoms with Crippen LogP contribution in [0, 0.1) is 0 Å². The molecule has 2 amide bonds. The van der Waals surface area contributed by atoms with E-state index < -0.39 is 0 Å². The number of benzene rings is 1. The summed E-state index contributed by atoms with van der Waals surface area (Å²) in [4.78, 5) is 27.6. The minimum atomic E-state index is -0.318. The fourth-order valence-corrected chi connectivity index (χ4v) is 2.68. The summed E-state index contributed by atoms with van der Waals surface area (Å²) in [6.45, 7) is 2.38. The Morgan fingerprint density at radius 3 is 2.92 bits per heavy atom. The lowest BCUT2D eigenvalue weighted by atomic mass is 10.1. The Kier molecular flexibility index (Phi) is 4.02. The van der Waals surface area contributed by atoms with Crippen LogP contribution in [0.25, 0.3) is 27.8 Å². The maximum Gasteiger partial charge on any atom is 0.321 e. The molecule has 4 aromatic rings. The average molecular weight is 348 g/mol. The molecule has 3 N–H and O–H groups in total. The van der Waals surface area contributed by atoms with Gasteiger partial charge in [0.15, 0.2) is 0 Å². The summed E-state index contributed by atoms with van der Waals surface area (Å²) in [5, 5.41) is 9.58.